The second kappa shape index (κ2) is 13.7. The maximum Gasteiger partial charge on any atom is 0.194 e. The normalized spacial score (nSPS) is 17.7. The fourth-order valence-corrected chi connectivity index (χ4v) is 5.61. The third-order valence-corrected chi connectivity index (χ3v) is 7.92. The number of rotatable bonds is 12. The Hall–Kier alpha value is -2.69. The molecule has 1 saturated carbocycles. The SMILES string of the molecule is CCCCCCCCCC[C@H]1CC[C@H](c2ccc(-c3cnc(-c4cc(F)c(F)c(F)c4)nc3)cc2)CC1. The van der Waals surface area contributed by atoms with Gasteiger partial charge in [-0.1, -0.05) is 89.0 Å². The Morgan fingerprint density at radius 2 is 1.24 bits per heavy atom. The van der Waals surface area contributed by atoms with Crippen molar-refractivity contribution < 1.29 is 13.2 Å². The van der Waals surface area contributed by atoms with Crippen LogP contribution in [0.2, 0.25) is 0 Å². The van der Waals surface area contributed by atoms with Crippen LogP contribution in [0.5, 0.6) is 0 Å². The highest BCUT2D eigenvalue weighted by molar-refractivity contribution is 5.64. The van der Waals surface area contributed by atoms with Gasteiger partial charge in [-0.15, -0.1) is 0 Å². The van der Waals surface area contributed by atoms with Crippen LogP contribution in [0.15, 0.2) is 48.8 Å². The molecule has 0 saturated heterocycles. The van der Waals surface area contributed by atoms with Crippen LogP contribution in [-0.4, -0.2) is 9.97 Å². The van der Waals surface area contributed by atoms with E-state index in [1.807, 2.05) is 0 Å². The van der Waals surface area contributed by atoms with Gasteiger partial charge >= 0.3 is 0 Å². The number of benzene rings is 2. The predicted molar refractivity (Wildman–Crippen MR) is 145 cm³/mol. The highest BCUT2D eigenvalue weighted by Crippen LogP contribution is 2.38. The third-order valence-electron chi connectivity index (χ3n) is 7.92. The van der Waals surface area contributed by atoms with Crippen molar-refractivity contribution in [1.29, 1.82) is 0 Å². The van der Waals surface area contributed by atoms with Crippen molar-refractivity contribution in [3.8, 4) is 22.5 Å². The lowest BCUT2D eigenvalue weighted by Gasteiger charge is -2.29. The van der Waals surface area contributed by atoms with Crippen molar-refractivity contribution in [3.05, 3.63) is 71.8 Å². The number of unbranched alkanes of at least 4 members (excludes halogenated alkanes) is 7. The van der Waals surface area contributed by atoms with Crippen molar-refractivity contribution in [1.82, 2.24) is 9.97 Å². The molecule has 2 nitrogen and oxygen atoms in total. The summed E-state index contributed by atoms with van der Waals surface area (Å²) in [6.07, 6.45) is 21.0. The van der Waals surface area contributed by atoms with Gasteiger partial charge in [0.2, 0.25) is 0 Å². The molecule has 5 heteroatoms. The Morgan fingerprint density at radius 1 is 0.676 bits per heavy atom. The Bertz CT molecular complexity index is 1080. The zero-order valence-corrected chi connectivity index (χ0v) is 22.0. The van der Waals surface area contributed by atoms with Crippen LogP contribution in [0.3, 0.4) is 0 Å². The summed E-state index contributed by atoms with van der Waals surface area (Å²) in [4.78, 5) is 8.49. The van der Waals surface area contributed by atoms with E-state index in [4.69, 9.17) is 0 Å². The number of hydrogen-bond donors (Lipinski definition) is 0. The molecule has 1 aromatic heterocycles. The van der Waals surface area contributed by atoms with E-state index in [0.29, 0.717) is 5.92 Å². The molecule has 0 bridgehead atoms. The Balaban J connectivity index is 1.23. The first kappa shape index (κ1) is 27.3. The van der Waals surface area contributed by atoms with E-state index in [9.17, 15) is 13.2 Å². The summed E-state index contributed by atoms with van der Waals surface area (Å²) < 4.78 is 40.3. The molecule has 1 heterocycles. The number of aromatic nitrogens is 2. The minimum atomic E-state index is -1.49. The average Bonchev–Trinajstić information content (AvgIpc) is 2.93. The van der Waals surface area contributed by atoms with E-state index >= 15 is 0 Å². The predicted octanol–water partition coefficient (Wildman–Crippen LogP) is 10.0. The largest absolute Gasteiger partial charge is 0.236 e. The molecule has 1 fully saturated rings. The van der Waals surface area contributed by atoms with Crippen LogP contribution in [-0.2, 0) is 0 Å². The lowest BCUT2D eigenvalue weighted by molar-refractivity contribution is 0.302. The van der Waals surface area contributed by atoms with Gasteiger partial charge in [0.05, 0.1) is 0 Å². The van der Waals surface area contributed by atoms with Crippen molar-refractivity contribution in [2.45, 2.75) is 96.3 Å². The smallest absolute Gasteiger partial charge is 0.194 e. The van der Waals surface area contributed by atoms with Gasteiger partial charge in [0.25, 0.3) is 0 Å². The minimum absolute atomic E-state index is 0.108. The van der Waals surface area contributed by atoms with E-state index in [1.54, 1.807) is 12.4 Å². The highest BCUT2D eigenvalue weighted by Gasteiger charge is 2.22. The first-order valence-corrected chi connectivity index (χ1v) is 14.1. The quantitative estimate of drug-likeness (QED) is 0.180. The van der Waals surface area contributed by atoms with Gasteiger partial charge in [0.15, 0.2) is 23.3 Å². The van der Waals surface area contributed by atoms with E-state index in [2.05, 4.69) is 41.2 Å². The molecule has 0 radical (unpaired) electrons. The van der Waals surface area contributed by atoms with Gasteiger partial charge in [0.1, 0.15) is 0 Å². The van der Waals surface area contributed by atoms with E-state index in [-0.39, 0.29) is 11.4 Å². The molecule has 0 unspecified atom stereocenters. The Kier molecular flexibility index (Phi) is 10.2. The van der Waals surface area contributed by atoms with Gasteiger partial charge in [0, 0.05) is 23.5 Å². The van der Waals surface area contributed by atoms with Gasteiger partial charge in [-0.25, -0.2) is 23.1 Å². The molecule has 0 atom stereocenters. The molecule has 0 spiro atoms. The van der Waals surface area contributed by atoms with E-state index in [0.717, 1.165) is 29.2 Å². The monoisotopic (exact) mass is 508 g/mol. The minimum Gasteiger partial charge on any atom is -0.236 e. The van der Waals surface area contributed by atoms with Crippen molar-refractivity contribution >= 4 is 0 Å². The lowest BCUT2D eigenvalue weighted by Crippen LogP contribution is -2.13. The van der Waals surface area contributed by atoms with E-state index < -0.39 is 17.5 Å². The molecule has 37 heavy (non-hydrogen) atoms. The van der Waals surface area contributed by atoms with Crippen molar-refractivity contribution in [2.75, 3.05) is 0 Å². The summed E-state index contributed by atoms with van der Waals surface area (Å²) in [5.74, 6) is -2.31. The Labute approximate surface area is 219 Å². The van der Waals surface area contributed by atoms with E-state index in [1.165, 1.54) is 89.0 Å². The number of halogens is 3. The molecule has 3 aromatic rings. The Morgan fingerprint density at radius 3 is 1.84 bits per heavy atom. The summed E-state index contributed by atoms with van der Waals surface area (Å²) in [7, 11) is 0. The summed E-state index contributed by atoms with van der Waals surface area (Å²) in [5, 5.41) is 0. The van der Waals surface area contributed by atoms with Crippen molar-refractivity contribution in [3.63, 3.8) is 0 Å². The summed E-state index contributed by atoms with van der Waals surface area (Å²) in [6, 6.07) is 10.4. The van der Waals surface area contributed by atoms with Crippen LogP contribution in [0.25, 0.3) is 22.5 Å². The number of hydrogen-bond acceptors (Lipinski definition) is 2. The average molecular weight is 509 g/mol. The standard InChI is InChI=1S/C32H39F3N2/c1-2-3-4-5-6-7-8-9-10-23-11-13-24(14-12-23)25-15-17-26(18-16-25)28-21-36-32(37-22-28)27-19-29(33)31(35)30(34)20-27/h15-24H,2-14H2,1H3/t23-,24-. The zero-order valence-electron chi connectivity index (χ0n) is 22.0. The van der Waals surface area contributed by atoms with Gasteiger partial charge in [-0.2, -0.15) is 0 Å². The summed E-state index contributed by atoms with van der Waals surface area (Å²) in [5.41, 5.74) is 3.32. The summed E-state index contributed by atoms with van der Waals surface area (Å²) in [6.45, 7) is 2.27. The topological polar surface area (TPSA) is 25.8 Å². The van der Waals surface area contributed by atoms with Crippen LogP contribution < -0.4 is 0 Å². The first-order valence-electron chi connectivity index (χ1n) is 14.1. The molecular formula is C32H39F3N2. The molecule has 4 rings (SSSR count). The second-order valence-corrected chi connectivity index (χ2v) is 10.7. The van der Waals surface area contributed by atoms with Crippen LogP contribution in [0, 0.1) is 23.4 Å². The first-order chi connectivity index (χ1) is 18.0. The maximum atomic E-state index is 13.5. The molecule has 0 aliphatic heterocycles. The third kappa shape index (κ3) is 7.66. The second-order valence-electron chi connectivity index (χ2n) is 10.7. The summed E-state index contributed by atoms with van der Waals surface area (Å²) >= 11 is 0. The number of nitrogens with zero attached hydrogens (tertiary/aromatic N) is 2. The molecule has 0 N–H and O–H groups in total. The maximum absolute atomic E-state index is 13.5. The van der Waals surface area contributed by atoms with Gasteiger partial charge in [-0.05, 0) is 60.8 Å². The van der Waals surface area contributed by atoms with Crippen LogP contribution >= 0.6 is 0 Å². The van der Waals surface area contributed by atoms with Gasteiger partial charge in [-0.3, -0.25) is 0 Å². The molecule has 198 valence electrons. The zero-order chi connectivity index (χ0) is 26.0. The fourth-order valence-electron chi connectivity index (χ4n) is 5.61. The highest BCUT2D eigenvalue weighted by atomic mass is 19.2. The molecule has 2 aromatic carbocycles. The van der Waals surface area contributed by atoms with Crippen LogP contribution in [0.4, 0.5) is 13.2 Å². The van der Waals surface area contributed by atoms with Crippen LogP contribution in [0.1, 0.15) is 102 Å². The molecule has 1 aliphatic rings. The molecule has 0 amide bonds. The molecular weight excluding hydrogens is 469 g/mol. The lowest BCUT2D eigenvalue weighted by atomic mass is 9.77. The fraction of sp³-hybridized carbons (Fsp3) is 0.500. The molecule has 1 aliphatic carbocycles. The van der Waals surface area contributed by atoms with Crippen molar-refractivity contribution in [2.24, 2.45) is 5.92 Å². The van der Waals surface area contributed by atoms with Gasteiger partial charge < -0.3 is 0 Å².